The van der Waals surface area contributed by atoms with Crippen molar-refractivity contribution in [1.82, 2.24) is 9.38 Å². The Morgan fingerprint density at radius 2 is 2.00 bits per heavy atom. The number of aromatic nitrogens is 2. The summed E-state index contributed by atoms with van der Waals surface area (Å²) in [5, 5.41) is 0. The minimum atomic E-state index is 0.449. The van der Waals surface area contributed by atoms with E-state index in [4.69, 9.17) is 10.5 Å². The molecule has 0 unspecified atom stereocenters. The van der Waals surface area contributed by atoms with Gasteiger partial charge in [0.2, 0.25) is 0 Å². The summed E-state index contributed by atoms with van der Waals surface area (Å²) in [7, 11) is 0. The number of fused-ring (bicyclic) bond motifs is 1. The van der Waals surface area contributed by atoms with Crippen LogP contribution < -0.4 is 10.5 Å². The average molecular weight is 253 g/mol. The molecule has 0 aliphatic carbocycles. The Bertz CT molecular complexity index is 701. The van der Waals surface area contributed by atoms with Crippen LogP contribution in [0.5, 0.6) is 5.75 Å². The second-order valence-electron chi connectivity index (χ2n) is 4.56. The molecule has 0 radical (unpaired) electrons. The summed E-state index contributed by atoms with van der Waals surface area (Å²) in [6.07, 6.45) is 3.98. The molecule has 2 aromatic heterocycles. The highest BCUT2D eigenvalue weighted by Gasteiger charge is 2.02. The van der Waals surface area contributed by atoms with Crippen LogP contribution in [0.15, 0.2) is 48.8 Å². The van der Waals surface area contributed by atoms with Crippen LogP contribution in [-0.4, -0.2) is 9.38 Å². The van der Waals surface area contributed by atoms with E-state index in [1.807, 2.05) is 47.1 Å². The predicted molar refractivity (Wildman–Crippen MR) is 75.1 cm³/mol. The van der Waals surface area contributed by atoms with Crippen molar-refractivity contribution >= 4 is 11.3 Å². The molecule has 1 aromatic carbocycles. The summed E-state index contributed by atoms with van der Waals surface area (Å²) < 4.78 is 7.67. The second kappa shape index (κ2) is 4.65. The normalized spacial score (nSPS) is 10.8. The van der Waals surface area contributed by atoms with Crippen molar-refractivity contribution in [3.8, 4) is 5.75 Å². The molecule has 2 heterocycles. The molecular formula is C15H15N3O. The minimum absolute atomic E-state index is 0.449. The molecule has 3 rings (SSSR count). The zero-order valence-corrected chi connectivity index (χ0v) is 10.7. The number of nitrogen functional groups attached to an aromatic ring is 1. The van der Waals surface area contributed by atoms with Crippen LogP contribution >= 0.6 is 0 Å². The van der Waals surface area contributed by atoms with Crippen LogP contribution in [0.1, 0.15) is 11.3 Å². The summed E-state index contributed by atoms with van der Waals surface area (Å²) >= 11 is 0. The first kappa shape index (κ1) is 11.6. The van der Waals surface area contributed by atoms with Gasteiger partial charge in [0.1, 0.15) is 18.0 Å². The van der Waals surface area contributed by atoms with Crippen LogP contribution in [0.25, 0.3) is 5.65 Å². The fourth-order valence-corrected chi connectivity index (χ4v) is 1.93. The number of anilines is 1. The fraction of sp³-hybridized carbons (Fsp3) is 0.133. The van der Waals surface area contributed by atoms with Crippen LogP contribution in [0.4, 0.5) is 5.69 Å². The molecule has 0 saturated carbocycles. The highest BCUT2D eigenvalue weighted by molar-refractivity contribution is 5.43. The Kier molecular flexibility index (Phi) is 2.83. The monoisotopic (exact) mass is 253 g/mol. The molecule has 0 spiro atoms. The Labute approximate surface area is 111 Å². The number of nitrogens with zero attached hydrogens (tertiary/aromatic N) is 2. The Balaban J connectivity index is 1.76. The lowest BCUT2D eigenvalue weighted by atomic mass is 10.3. The van der Waals surface area contributed by atoms with Crippen molar-refractivity contribution in [1.29, 1.82) is 0 Å². The summed E-state index contributed by atoms with van der Waals surface area (Å²) in [6, 6.07) is 11.5. The van der Waals surface area contributed by atoms with Crippen LogP contribution in [0.3, 0.4) is 0 Å². The molecule has 0 atom stereocenters. The van der Waals surface area contributed by atoms with E-state index in [1.165, 1.54) is 5.56 Å². The van der Waals surface area contributed by atoms with Crippen molar-refractivity contribution < 1.29 is 4.74 Å². The van der Waals surface area contributed by atoms with Crippen LogP contribution in [-0.2, 0) is 6.61 Å². The number of pyridine rings is 1. The maximum atomic E-state index is 5.68. The first-order chi connectivity index (χ1) is 9.20. The average Bonchev–Trinajstić information content (AvgIpc) is 2.80. The van der Waals surface area contributed by atoms with Gasteiger partial charge < -0.3 is 14.9 Å². The summed E-state index contributed by atoms with van der Waals surface area (Å²) in [5.74, 6) is 0.794. The maximum Gasteiger partial charge on any atom is 0.137 e. The SMILES string of the molecule is Cc1ccn2cc(COc3ccc(N)cc3)nc2c1. The molecule has 3 aromatic rings. The molecule has 0 bridgehead atoms. The van der Waals surface area contributed by atoms with E-state index in [-0.39, 0.29) is 0 Å². The smallest absolute Gasteiger partial charge is 0.137 e. The van der Waals surface area contributed by atoms with E-state index in [0.29, 0.717) is 6.61 Å². The number of imidazole rings is 1. The summed E-state index contributed by atoms with van der Waals surface area (Å²) in [6.45, 7) is 2.50. The lowest BCUT2D eigenvalue weighted by Gasteiger charge is -2.03. The molecular weight excluding hydrogens is 238 g/mol. The Morgan fingerprint density at radius 3 is 2.79 bits per heavy atom. The lowest BCUT2D eigenvalue weighted by molar-refractivity contribution is 0.302. The van der Waals surface area contributed by atoms with E-state index in [9.17, 15) is 0 Å². The topological polar surface area (TPSA) is 52.5 Å². The van der Waals surface area contributed by atoms with Gasteiger partial charge in [0, 0.05) is 18.1 Å². The number of benzene rings is 1. The molecule has 0 saturated heterocycles. The molecule has 0 amide bonds. The summed E-state index contributed by atoms with van der Waals surface area (Å²) in [4.78, 5) is 4.52. The Morgan fingerprint density at radius 1 is 1.21 bits per heavy atom. The first-order valence-electron chi connectivity index (χ1n) is 6.13. The fourth-order valence-electron chi connectivity index (χ4n) is 1.93. The van der Waals surface area contributed by atoms with Crippen molar-refractivity contribution in [3.05, 3.63) is 60.0 Å². The number of ether oxygens (including phenoxy) is 1. The van der Waals surface area contributed by atoms with Crippen molar-refractivity contribution in [2.24, 2.45) is 0 Å². The number of nitrogens with two attached hydrogens (primary N) is 1. The van der Waals surface area contributed by atoms with E-state index in [2.05, 4.69) is 18.0 Å². The van der Waals surface area contributed by atoms with E-state index >= 15 is 0 Å². The second-order valence-corrected chi connectivity index (χ2v) is 4.56. The Hall–Kier alpha value is -2.49. The van der Waals surface area contributed by atoms with Gasteiger partial charge in [-0.1, -0.05) is 0 Å². The third-order valence-corrected chi connectivity index (χ3v) is 2.93. The van der Waals surface area contributed by atoms with Gasteiger partial charge in [-0.15, -0.1) is 0 Å². The minimum Gasteiger partial charge on any atom is -0.487 e. The third-order valence-electron chi connectivity index (χ3n) is 2.93. The molecule has 4 heteroatoms. The van der Waals surface area contributed by atoms with E-state index in [1.54, 1.807) is 0 Å². The third kappa shape index (κ3) is 2.52. The standard InChI is InChI=1S/C15H15N3O/c1-11-6-7-18-9-13(17-15(18)8-11)10-19-14-4-2-12(16)3-5-14/h2-9H,10,16H2,1H3. The molecule has 0 fully saturated rings. The molecule has 96 valence electrons. The van der Waals surface area contributed by atoms with Crippen molar-refractivity contribution in [2.45, 2.75) is 13.5 Å². The zero-order chi connectivity index (χ0) is 13.2. The highest BCUT2D eigenvalue weighted by atomic mass is 16.5. The quantitative estimate of drug-likeness (QED) is 0.730. The molecule has 19 heavy (non-hydrogen) atoms. The van der Waals surface area contributed by atoms with Gasteiger partial charge in [0.15, 0.2) is 0 Å². The molecule has 0 aliphatic rings. The van der Waals surface area contributed by atoms with Gasteiger partial charge in [0.05, 0.1) is 5.69 Å². The zero-order valence-electron chi connectivity index (χ0n) is 10.7. The predicted octanol–water partition coefficient (Wildman–Crippen LogP) is 2.80. The van der Waals surface area contributed by atoms with Gasteiger partial charge in [0.25, 0.3) is 0 Å². The van der Waals surface area contributed by atoms with E-state index < -0.39 is 0 Å². The lowest BCUT2D eigenvalue weighted by Crippen LogP contribution is -1.95. The highest BCUT2D eigenvalue weighted by Crippen LogP contribution is 2.15. The number of hydrogen-bond donors (Lipinski definition) is 1. The maximum absolute atomic E-state index is 5.68. The molecule has 2 N–H and O–H groups in total. The van der Waals surface area contributed by atoms with Crippen molar-refractivity contribution in [3.63, 3.8) is 0 Å². The van der Waals surface area contributed by atoms with Gasteiger partial charge >= 0.3 is 0 Å². The van der Waals surface area contributed by atoms with Crippen LogP contribution in [0.2, 0.25) is 0 Å². The molecule has 0 aliphatic heterocycles. The van der Waals surface area contributed by atoms with Crippen molar-refractivity contribution in [2.75, 3.05) is 5.73 Å². The number of rotatable bonds is 3. The largest absolute Gasteiger partial charge is 0.487 e. The van der Waals surface area contributed by atoms with Gasteiger partial charge in [-0.05, 0) is 48.9 Å². The van der Waals surface area contributed by atoms with Crippen LogP contribution in [0, 0.1) is 6.92 Å². The summed E-state index contributed by atoms with van der Waals surface area (Å²) in [5.41, 5.74) is 9.40. The van der Waals surface area contributed by atoms with E-state index in [0.717, 1.165) is 22.8 Å². The van der Waals surface area contributed by atoms with Gasteiger partial charge in [-0.2, -0.15) is 0 Å². The first-order valence-corrected chi connectivity index (χ1v) is 6.13. The number of hydrogen-bond acceptors (Lipinski definition) is 3. The van der Waals surface area contributed by atoms with Gasteiger partial charge in [-0.3, -0.25) is 0 Å². The molecule has 4 nitrogen and oxygen atoms in total. The van der Waals surface area contributed by atoms with Gasteiger partial charge in [-0.25, -0.2) is 4.98 Å². The number of aryl methyl sites for hydroxylation is 1.